The van der Waals surface area contributed by atoms with Crippen LogP contribution in [0.25, 0.3) is 10.2 Å². The number of rotatable bonds is 9. The summed E-state index contributed by atoms with van der Waals surface area (Å²) in [6.07, 6.45) is 0. The van der Waals surface area contributed by atoms with Gasteiger partial charge in [-0.2, -0.15) is 4.99 Å². The lowest BCUT2D eigenvalue weighted by atomic mass is 10.2. The Morgan fingerprint density at radius 1 is 1.00 bits per heavy atom. The summed E-state index contributed by atoms with van der Waals surface area (Å²) in [5.41, 5.74) is 2.18. The SMILES string of the molecule is CCOCCn1c(=NC(=O)c2ccc(NS(=O)(=O)c3ccccc3)cc2)sc2cc(NC(C)=O)ccc21. The average molecular weight is 539 g/mol. The number of aromatic nitrogens is 1. The molecule has 2 amide bonds. The van der Waals surface area contributed by atoms with Gasteiger partial charge < -0.3 is 14.6 Å². The van der Waals surface area contributed by atoms with Crippen LogP contribution >= 0.6 is 11.3 Å². The number of thiazole rings is 1. The zero-order chi connectivity index (χ0) is 26.4. The molecule has 9 nitrogen and oxygen atoms in total. The van der Waals surface area contributed by atoms with Gasteiger partial charge in [-0.25, -0.2) is 8.42 Å². The Bertz CT molecular complexity index is 1590. The van der Waals surface area contributed by atoms with Gasteiger partial charge in [0.25, 0.3) is 15.9 Å². The number of fused-ring (bicyclic) bond motifs is 1. The number of hydrogen-bond acceptors (Lipinski definition) is 6. The molecule has 192 valence electrons. The molecule has 1 aromatic heterocycles. The van der Waals surface area contributed by atoms with Gasteiger partial charge >= 0.3 is 0 Å². The Kier molecular flexibility index (Phi) is 8.17. The Balaban J connectivity index is 1.61. The highest BCUT2D eigenvalue weighted by Gasteiger charge is 2.14. The van der Waals surface area contributed by atoms with E-state index >= 15 is 0 Å². The number of benzene rings is 3. The molecule has 0 atom stereocenters. The fraction of sp³-hybridized carbons (Fsp3) is 0.192. The molecule has 0 unspecified atom stereocenters. The molecule has 0 saturated heterocycles. The smallest absolute Gasteiger partial charge is 0.279 e. The van der Waals surface area contributed by atoms with E-state index in [4.69, 9.17) is 4.74 Å². The molecule has 2 N–H and O–H groups in total. The first-order chi connectivity index (χ1) is 17.8. The second kappa shape index (κ2) is 11.5. The molecule has 3 aromatic carbocycles. The predicted octanol–water partition coefficient (Wildman–Crippen LogP) is 4.24. The molecule has 0 radical (unpaired) electrons. The molecule has 0 bridgehead atoms. The number of nitrogens with one attached hydrogen (secondary N) is 2. The van der Waals surface area contributed by atoms with E-state index in [9.17, 15) is 18.0 Å². The highest BCUT2D eigenvalue weighted by Crippen LogP contribution is 2.22. The fourth-order valence-corrected chi connectivity index (χ4v) is 5.78. The van der Waals surface area contributed by atoms with E-state index in [1.165, 1.54) is 54.7 Å². The summed E-state index contributed by atoms with van der Waals surface area (Å²) in [5.74, 6) is -0.633. The van der Waals surface area contributed by atoms with Crippen LogP contribution in [-0.2, 0) is 26.1 Å². The highest BCUT2D eigenvalue weighted by molar-refractivity contribution is 7.92. The van der Waals surface area contributed by atoms with Gasteiger partial charge in [-0.05, 0) is 61.5 Å². The molecule has 4 rings (SSSR count). The summed E-state index contributed by atoms with van der Waals surface area (Å²) < 4.78 is 35.9. The molecule has 4 aromatic rings. The van der Waals surface area contributed by atoms with Crippen molar-refractivity contribution >= 4 is 54.8 Å². The van der Waals surface area contributed by atoms with Crippen molar-refractivity contribution in [3.63, 3.8) is 0 Å². The minimum atomic E-state index is -3.74. The van der Waals surface area contributed by atoms with Gasteiger partial charge in [0.15, 0.2) is 4.80 Å². The van der Waals surface area contributed by atoms with Crippen molar-refractivity contribution in [2.24, 2.45) is 4.99 Å². The Hall–Kier alpha value is -3.80. The van der Waals surface area contributed by atoms with E-state index in [-0.39, 0.29) is 10.8 Å². The van der Waals surface area contributed by atoms with Crippen molar-refractivity contribution in [2.75, 3.05) is 23.3 Å². The van der Waals surface area contributed by atoms with Crippen LogP contribution in [0.15, 0.2) is 82.7 Å². The molecular weight excluding hydrogens is 512 g/mol. The molecule has 0 aliphatic rings. The van der Waals surface area contributed by atoms with Crippen LogP contribution in [0, 0.1) is 0 Å². The molecule has 0 aliphatic heterocycles. The van der Waals surface area contributed by atoms with Crippen molar-refractivity contribution in [1.82, 2.24) is 4.57 Å². The van der Waals surface area contributed by atoms with Crippen LogP contribution in [0.4, 0.5) is 11.4 Å². The van der Waals surface area contributed by atoms with E-state index in [2.05, 4.69) is 15.0 Å². The van der Waals surface area contributed by atoms with E-state index in [1.54, 1.807) is 24.3 Å². The minimum absolute atomic E-state index is 0.146. The van der Waals surface area contributed by atoms with Crippen molar-refractivity contribution < 1.29 is 22.7 Å². The van der Waals surface area contributed by atoms with Crippen LogP contribution in [-0.4, -0.2) is 38.0 Å². The van der Waals surface area contributed by atoms with Gasteiger partial charge in [0.2, 0.25) is 5.91 Å². The molecule has 0 saturated carbocycles. The number of ether oxygens (including phenoxy) is 1. The third-order valence-electron chi connectivity index (χ3n) is 5.30. The Morgan fingerprint density at radius 2 is 1.70 bits per heavy atom. The van der Waals surface area contributed by atoms with Crippen LogP contribution in [0.1, 0.15) is 24.2 Å². The molecule has 0 spiro atoms. The zero-order valence-corrected chi connectivity index (χ0v) is 21.9. The number of sulfonamides is 1. The van der Waals surface area contributed by atoms with Gasteiger partial charge in [-0.15, -0.1) is 0 Å². The minimum Gasteiger partial charge on any atom is -0.380 e. The van der Waals surface area contributed by atoms with Gasteiger partial charge in [0, 0.05) is 37.0 Å². The lowest BCUT2D eigenvalue weighted by Gasteiger charge is -2.08. The normalized spacial score (nSPS) is 12.0. The summed E-state index contributed by atoms with van der Waals surface area (Å²) in [6.45, 7) is 4.88. The number of carbonyl (C=O) groups is 2. The first kappa shape index (κ1) is 26.3. The summed E-state index contributed by atoms with van der Waals surface area (Å²) in [4.78, 5) is 29.4. The van der Waals surface area contributed by atoms with Crippen LogP contribution < -0.4 is 14.8 Å². The lowest BCUT2D eigenvalue weighted by Crippen LogP contribution is -2.19. The number of hydrogen-bond donors (Lipinski definition) is 2. The average Bonchev–Trinajstić information content (AvgIpc) is 3.20. The number of carbonyl (C=O) groups excluding carboxylic acids is 2. The van der Waals surface area contributed by atoms with Crippen molar-refractivity contribution in [1.29, 1.82) is 0 Å². The van der Waals surface area contributed by atoms with Gasteiger partial charge in [-0.1, -0.05) is 29.5 Å². The summed E-state index contributed by atoms with van der Waals surface area (Å²) in [7, 11) is -3.74. The Morgan fingerprint density at radius 3 is 2.38 bits per heavy atom. The second-order valence-corrected chi connectivity index (χ2v) is 10.7. The van der Waals surface area contributed by atoms with Crippen LogP contribution in [0.2, 0.25) is 0 Å². The standard InChI is InChI=1S/C26H26N4O5S2/c1-3-35-16-15-30-23-14-13-21(27-18(2)31)17-24(23)36-26(30)28-25(32)19-9-11-20(12-10-19)29-37(33,34)22-7-5-4-6-8-22/h4-14,17,29H,3,15-16H2,1-2H3,(H,27,31). The molecular formula is C26H26N4O5S2. The number of nitrogens with zero attached hydrogens (tertiary/aromatic N) is 2. The zero-order valence-electron chi connectivity index (χ0n) is 20.3. The third-order valence-corrected chi connectivity index (χ3v) is 7.74. The van der Waals surface area contributed by atoms with E-state index in [1.807, 2.05) is 23.6 Å². The molecule has 0 aliphatic carbocycles. The molecule has 1 heterocycles. The summed E-state index contributed by atoms with van der Waals surface area (Å²) in [6, 6.07) is 19.7. The molecule has 37 heavy (non-hydrogen) atoms. The third kappa shape index (κ3) is 6.50. The summed E-state index contributed by atoms with van der Waals surface area (Å²) >= 11 is 1.33. The maximum Gasteiger partial charge on any atom is 0.279 e. The molecule has 11 heteroatoms. The fourth-order valence-electron chi connectivity index (χ4n) is 3.60. The maximum atomic E-state index is 13.0. The predicted molar refractivity (Wildman–Crippen MR) is 144 cm³/mol. The van der Waals surface area contributed by atoms with Crippen molar-refractivity contribution in [3.05, 3.63) is 83.2 Å². The first-order valence-electron chi connectivity index (χ1n) is 11.5. The lowest BCUT2D eigenvalue weighted by molar-refractivity contribution is -0.114. The van der Waals surface area contributed by atoms with Crippen LogP contribution in [0.5, 0.6) is 0 Å². The maximum absolute atomic E-state index is 13.0. The number of anilines is 2. The van der Waals surface area contributed by atoms with E-state index < -0.39 is 15.9 Å². The largest absolute Gasteiger partial charge is 0.380 e. The van der Waals surface area contributed by atoms with Gasteiger partial charge in [-0.3, -0.25) is 14.3 Å². The monoisotopic (exact) mass is 538 g/mol. The van der Waals surface area contributed by atoms with Gasteiger partial charge in [0.05, 0.1) is 21.7 Å². The van der Waals surface area contributed by atoms with Crippen LogP contribution in [0.3, 0.4) is 0 Å². The summed E-state index contributed by atoms with van der Waals surface area (Å²) in [5, 5.41) is 2.76. The second-order valence-electron chi connectivity index (χ2n) is 8.01. The van der Waals surface area contributed by atoms with Crippen molar-refractivity contribution in [2.45, 2.75) is 25.3 Å². The first-order valence-corrected chi connectivity index (χ1v) is 13.8. The van der Waals surface area contributed by atoms with Gasteiger partial charge in [0.1, 0.15) is 0 Å². The number of amides is 2. The van der Waals surface area contributed by atoms with E-state index in [0.29, 0.717) is 41.5 Å². The van der Waals surface area contributed by atoms with Crippen molar-refractivity contribution in [3.8, 4) is 0 Å². The topological polar surface area (TPSA) is 119 Å². The van der Waals surface area contributed by atoms with E-state index in [0.717, 1.165) is 10.2 Å². The molecule has 0 fully saturated rings. The quantitative estimate of drug-likeness (QED) is 0.309. The highest BCUT2D eigenvalue weighted by atomic mass is 32.2. The Labute approximate surface area is 218 Å².